The first kappa shape index (κ1) is 15.8. The maximum Gasteiger partial charge on any atom is 0.238 e. The molecule has 0 aliphatic carbocycles. The zero-order chi connectivity index (χ0) is 15.5. The van der Waals surface area contributed by atoms with Crippen LogP contribution in [0.25, 0.3) is 0 Å². The number of amides is 1. The molecule has 0 saturated carbocycles. The summed E-state index contributed by atoms with van der Waals surface area (Å²) < 4.78 is 0. The van der Waals surface area contributed by atoms with Gasteiger partial charge in [-0.2, -0.15) is 0 Å². The third-order valence-corrected chi connectivity index (χ3v) is 4.28. The van der Waals surface area contributed by atoms with Crippen LogP contribution in [0.15, 0.2) is 18.2 Å². The number of hydrogen-bond donors (Lipinski definition) is 2. The summed E-state index contributed by atoms with van der Waals surface area (Å²) in [4.78, 5) is 14.4. The molecule has 0 unspecified atom stereocenters. The predicted molar refractivity (Wildman–Crippen MR) is 88.3 cm³/mol. The van der Waals surface area contributed by atoms with E-state index in [4.69, 9.17) is 5.73 Å². The van der Waals surface area contributed by atoms with Crippen molar-refractivity contribution >= 4 is 17.3 Å². The molecule has 3 N–H and O–H groups in total. The molecule has 1 saturated heterocycles. The van der Waals surface area contributed by atoms with Crippen molar-refractivity contribution in [3.8, 4) is 0 Å². The van der Waals surface area contributed by atoms with Gasteiger partial charge in [-0.3, -0.25) is 9.69 Å². The van der Waals surface area contributed by atoms with Gasteiger partial charge in [0, 0.05) is 0 Å². The number of likely N-dealkylation sites (tertiary alicyclic amines) is 1. The van der Waals surface area contributed by atoms with Gasteiger partial charge < -0.3 is 11.1 Å². The minimum atomic E-state index is 0.0188. The number of nitrogen functional groups attached to an aromatic ring is 1. The van der Waals surface area contributed by atoms with Gasteiger partial charge in [0.25, 0.3) is 0 Å². The number of nitrogens with two attached hydrogens (primary N) is 1. The number of anilines is 2. The number of nitrogens with zero attached hydrogens (tertiary/aromatic N) is 1. The molecule has 4 nitrogen and oxygen atoms in total. The van der Waals surface area contributed by atoms with Crippen molar-refractivity contribution in [2.75, 3.05) is 30.7 Å². The first-order valence-corrected chi connectivity index (χ1v) is 7.74. The maximum atomic E-state index is 12.2. The summed E-state index contributed by atoms with van der Waals surface area (Å²) in [5.74, 6) is 0.0188. The van der Waals surface area contributed by atoms with Crippen LogP contribution in [-0.4, -0.2) is 30.4 Å². The van der Waals surface area contributed by atoms with Gasteiger partial charge in [0.05, 0.1) is 17.9 Å². The smallest absolute Gasteiger partial charge is 0.238 e. The second-order valence-corrected chi connectivity index (χ2v) is 6.93. The molecular formula is C17H27N3O. The van der Waals surface area contributed by atoms with Crippen LogP contribution in [0.4, 0.5) is 11.4 Å². The van der Waals surface area contributed by atoms with Gasteiger partial charge in [-0.1, -0.05) is 19.9 Å². The van der Waals surface area contributed by atoms with Crippen LogP contribution in [-0.2, 0) is 4.79 Å². The lowest BCUT2D eigenvalue weighted by atomic mass is 9.85. The average Bonchev–Trinajstić information content (AvgIpc) is 2.54. The standard InChI is InChI=1S/C17H27N3O/c1-13-5-6-15(14(18)11-13)19-16(21)12-20-9-4-7-17(2,3)8-10-20/h5-6,11H,4,7-10,12,18H2,1-3H3,(H,19,21). The molecule has 116 valence electrons. The van der Waals surface area contributed by atoms with E-state index in [-0.39, 0.29) is 5.91 Å². The van der Waals surface area contributed by atoms with Crippen molar-refractivity contribution in [3.05, 3.63) is 23.8 Å². The highest BCUT2D eigenvalue weighted by molar-refractivity contribution is 5.95. The van der Waals surface area contributed by atoms with Crippen LogP contribution in [0.5, 0.6) is 0 Å². The summed E-state index contributed by atoms with van der Waals surface area (Å²) in [7, 11) is 0. The summed E-state index contributed by atoms with van der Waals surface area (Å²) in [6.07, 6.45) is 3.54. The molecule has 1 aromatic carbocycles. The summed E-state index contributed by atoms with van der Waals surface area (Å²) >= 11 is 0. The second-order valence-electron chi connectivity index (χ2n) is 6.93. The number of nitrogens with one attached hydrogen (secondary N) is 1. The summed E-state index contributed by atoms with van der Waals surface area (Å²) in [5.41, 5.74) is 8.76. The monoisotopic (exact) mass is 289 g/mol. The van der Waals surface area contributed by atoms with Crippen LogP contribution < -0.4 is 11.1 Å². The van der Waals surface area contributed by atoms with Gasteiger partial charge >= 0.3 is 0 Å². The molecule has 1 aromatic rings. The molecule has 0 bridgehead atoms. The lowest BCUT2D eigenvalue weighted by Gasteiger charge is -2.23. The largest absolute Gasteiger partial charge is 0.397 e. The average molecular weight is 289 g/mol. The molecule has 1 aliphatic rings. The van der Waals surface area contributed by atoms with Gasteiger partial charge in [0.2, 0.25) is 5.91 Å². The predicted octanol–water partition coefficient (Wildman–Crippen LogP) is 3.03. The van der Waals surface area contributed by atoms with Crippen molar-refractivity contribution in [3.63, 3.8) is 0 Å². The first-order chi connectivity index (χ1) is 9.85. The minimum Gasteiger partial charge on any atom is -0.397 e. The maximum absolute atomic E-state index is 12.2. The number of carbonyl (C=O) groups is 1. The van der Waals surface area contributed by atoms with Crippen molar-refractivity contribution in [2.24, 2.45) is 5.41 Å². The fraction of sp³-hybridized carbons (Fsp3) is 0.588. The fourth-order valence-electron chi connectivity index (χ4n) is 2.83. The first-order valence-electron chi connectivity index (χ1n) is 7.74. The number of hydrogen-bond acceptors (Lipinski definition) is 3. The van der Waals surface area contributed by atoms with Crippen LogP contribution in [0.3, 0.4) is 0 Å². The molecule has 0 aromatic heterocycles. The number of rotatable bonds is 3. The number of benzene rings is 1. The van der Waals surface area contributed by atoms with Gasteiger partial charge in [0.1, 0.15) is 0 Å². The molecule has 21 heavy (non-hydrogen) atoms. The zero-order valence-corrected chi connectivity index (χ0v) is 13.4. The molecule has 2 rings (SSSR count). The molecule has 0 atom stereocenters. The third kappa shape index (κ3) is 4.74. The van der Waals surface area contributed by atoms with E-state index in [2.05, 4.69) is 24.1 Å². The van der Waals surface area contributed by atoms with E-state index in [1.54, 1.807) is 0 Å². The Morgan fingerprint density at radius 1 is 1.33 bits per heavy atom. The van der Waals surface area contributed by atoms with Gasteiger partial charge in [0.15, 0.2) is 0 Å². The van der Waals surface area contributed by atoms with Gasteiger partial charge in [-0.25, -0.2) is 0 Å². The Hall–Kier alpha value is -1.55. The lowest BCUT2D eigenvalue weighted by molar-refractivity contribution is -0.117. The molecule has 0 spiro atoms. The van der Waals surface area contributed by atoms with Crippen LogP contribution in [0.1, 0.15) is 38.7 Å². The highest BCUT2D eigenvalue weighted by Gasteiger charge is 2.23. The Morgan fingerprint density at radius 3 is 2.81 bits per heavy atom. The van der Waals surface area contributed by atoms with E-state index in [1.807, 2.05) is 25.1 Å². The fourth-order valence-corrected chi connectivity index (χ4v) is 2.83. The van der Waals surface area contributed by atoms with Crippen molar-refractivity contribution in [2.45, 2.75) is 40.0 Å². The molecule has 1 fully saturated rings. The SMILES string of the molecule is Cc1ccc(NC(=O)CN2CCCC(C)(C)CC2)c(N)c1. The normalized spacial score (nSPS) is 19.0. The molecular weight excluding hydrogens is 262 g/mol. The summed E-state index contributed by atoms with van der Waals surface area (Å²) in [6.45, 7) is 9.04. The third-order valence-electron chi connectivity index (χ3n) is 4.28. The van der Waals surface area contributed by atoms with Crippen LogP contribution in [0, 0.1) is 12.3 Å². The van der Waals surface area contributed by atoms with Crippen molar-refractivity contribution in [1.82, 2.24) is 4.90 Å². The molecule has 1 amide bonds. The molecule has 1 aliphatic heterocycles. The highest BCUT2D eigenvalue weighted by Crippen LogP contribution is 2.29. The van der Waals surface area contributed by atoms with E-state index >= 15 is 0 Å². The Bertz CT molecular complexity index is 511. The van der Waals surface area contributed by atoms with Crippen molar-refractivity contribution < 1.29 is 4.79 Å². The van der Waals surface area contributed by atoms with E-state index in [0.717, 1.165) is 31.5 Å². The van der Waals surface area contributed by atoms with Gasteiger partial charge in [-0.15, -0.1) is 0 Å². The Morgan fingerprint density at radius 2 is 2.10 bits per heavy atom. The van der Waals surface area contributed by atoms with E-state index in [9.17, 15) is 4.79 Å². The molecule has 1 heterocycles. The lowest BCUT2D eigenvalue weighted by Crippen LogP contribution is -2.34. The summed E-state index contributed by atoms with van der Waals surface area (Å²) in [5, 5.41) is 2.92. The Balaban J connectivity index is 1.89. The molecule has 0 radical (unpaired) electrons. The van der Waals surface area contributed by atoms with Gasteiger partial charge in [-0.05, 0) is 62.4 Å². The zero-order valence-electron chi connectivity index (χ0n) is 13.4. The van der Waals surface area contributed by atoms with E-state index in [0.29, 0.717) is 23.3 Å². The van der Waals surface area contributed by atoms with Crippen LogP contribution in [0.2, 0.25) is 0 Å². The quantitative estimate of drug-likeness (QED) is 0.841. The van der Waals surface area contributed by atoms with Crippen molar-refractivity contribution in [1.29, 1.82) is 0 Å². The van der Waals surface area contributed by atoms with E-state index in [1.165, 1.54) is 6.42 Å². The number of aryl methyl sites for hydroxylation is 1. The topological polar surface area (TPSA) is 58.4 Å². The molecule has 4 heteroatoms. The second kappa shape index (κ2) is 6.48. The Labute approximate surface area is 127 Å². The van der Waals surface area contributed by atoms with E-state index < -0.39 is 0 Å². The van der Waals surface area contributed by atoms with Crippen LogP contribution >= 0.6 is 0 Å². The summed E-state index contributed by atoms with van der Waals surface area (Å²) in [6, 6.07) is 5.71. The number of carbonyl (C=O) groups excluding carboxylic acids is 1. The highest BCUT2D eigenvalue weighted by atomic mass is 16.2. The Kier molecular flexibility index (Phi) is 4.88. The minimum absolute atomic E-state index is 0.0188.